The molecule has 0 unspecified atom stereocenters. The summed E-state index contributed by atoms with van der Waals surface area (Å²) in [6, 6.07) is 14.3. The number of nitrogens with one attached hydrogen (secondary N) is 1. The van der Waals surface area contributed by atoms with Gasteiger partial charge in [0.2, 0.25) is 15.9 Å². The number of primary sulfonamides is 1. The average molecular weight is 410 g/mol. The monoisotopic (exact) mass is 410 g/mol. The molecule has 8 heteroatoms. The molecule has 3 N–H and O–H groups in total. The maximum Gasteiger partial charge on any atom is 0.248 e. The van der Waals surface area contributed by atoms with Crippen LogP contribution in [0, 0.1) is 20.8 Å². The first kappa shape index (κ1) is 20.5. The van der Waals surface area contributed by atoms with Crippen LogP contribution in [0.15, 0.2) is 59.5 Å². The summed E-state index contributed by atoms with van der Waals surface area (Å²) >= 11 is 0. The standard InChI is InChI=1S/C21H22N4O3S/c1-14-9-10-17(13-20(14)29(22,27)28)23-21(26)12-11-19-15(2)24-25(16(19)3)18-7-5-4-6-8-18/h4-13H,1-3H3,(H,23,26)(H2,22,27,28)/b12-11+. The molecular formula is C21H22N4O3S. The fraction of sp³-hybridized carbons (Fsp3) is 0.143. The van der Waals surface area contributed by atoms with Gasteiger partial charge in [0.1, 0.15) is 0 Å². The van der Waals surface area contributed by atoms with Crippen LogP contribution in [0.3, 0.4) is 0 Å². The van der Waals surface area contributed by atoms with E-state index in [1.807, 2.05) is 48.9 Å². The third-order valence-electron chi connectivity index (χ3n) is 4.51. The Kier molecular flexibility index (Phi) is 5.67. The van der Waals surface area contributed by atoms with Gasteiger partial charge in [0, 0.05) is 23.0 Å². The highest BCUT2D eigenvalue weighted by atomic mass is 32.2. The molecule has 0 fully saturated rings. The van der Waals surface area contributed by atoms with Crippen LogP contribution >= 0.6 is 0 Å². The highest BCUT2D eigenvalue weighted by Crippen LogP contribution is 2.21. The van der Waals surface area contributed by atoms with Crippen LogP contribution in [0.1, 0.15) is 22.5 Å². The van der Waals surface area contributed by atoms with Crippen LogP contribution < -0.4 is 10.5 Å². The van der Waals surface area contributed by atoms with Crippen molar-refractivity contribution in [2.45, 2.75) is 25.7 Å². The fourth-order valence-corrected chi connectivity index (χ4v) is 3.85. The summed E-state index contributed by atoms with van der Waals surface area (Å²) in [5, 5.41) is 12.4. The minimum atomic E-state index is -3.86. The molecule has 0 atom stereocenters. The number of carbonyl (C=O) groups is 1. The van der Waals surface area contributed by atoms with Crippen molar-refractivity contribution in [2.75, 3.05) is 5.32 Å². The first-order valence-corrected chi connectivity index (χ1v) is 10.5. The Morgan fingerprint density at radius 3 is 2.45 bits per heavy atom. The van der Waals surface area contributed by atoms with Gasteiger partial charge in [0.25, 0.3) is 0 Å². The fourth-order valence-electron chi connectivity index (χ4n) is 3.04. The first-order valence-electron chi connectivity index (χ1n) is 8.91. The second-order valence-electron chi connectivity index (χ2n) is 6.68. The maximum absolute atomic E-state index is 12.3. The smallest absolute Gasteiger partial charge is 0.248 e. The van der Waals surface area contributed by atoms with Crippen molar-refractivity contribution in [3.8, 4) is 5.69 Å². The Labute approximate surface area is 169 Å². The first-order chi connectivity index (χ1) is 13.7. The largest absolute Gasteiger partial charge is 0.322 e. The van der Waals surface area contributed by atoms with E-state index in [9.17, 15) is 13.2 Å². The summed E-state index contributed by atoms with van der Waals surface area (Å²) in [6.45, 7) is 5.45. The van der Waals surface area contributed by atoms with Gasteiger partial charge >= 0.3 is 0 Å². The van der Waals surface area contributed by atoms with Crippen LogP contribution in [-0.4, -0.2) is 24.1 Å². The number of nitrogens with two attached hydrogens (primary N) is 1. The third kappa shape index (κ3) is 4.61. The predicted octanol–water partition coefficient (Wildman–Crippen LogP) is 3.10. The molecule has 0 aliphatic carbocycles. The van der Waals surface area contributed by atoms with Crippen molar-refractivity contribution in [1.29, 1.82) is 0 Å². The van der Waals surface area contributed by atoms with Gasteiger partial charge in [-0.3, -0.25) is 4.79 Å². The lowest BCUT2D eigenvalue weighted by Gasteiger charge is -2.07. The number of para-hydroxylation sites is 1. The number of anilines is 1. The Morgan fingerprint density at radius 1 is 1.10 bits per heavy atom. The molecule has 1 amide bonds. The zero-order valence-electron chi connectivity index (χ0n) is 16.4. The predicted molar refractivity (Wildman–Crippen MR) is 113 cm³/mol. The van der Waals surface area contributed by atoms with E-state index in [0.29, 0.717) is 11.3 Å². The van der Waals surface area contributed by atoms with E-state index < -0.39 is 10.0 Å². The number of amides is 1. The molecule has 3 aromatic rings. The zero-order chi connectivity index (χ0) is 21.2. The number of aromatic nitrogens is 2. The van der Waals surface area contributed by atoms with E-state index in [4.69, 9.17) is 5.14 Å². The van der Waals surface area contributed by atoms with Crippen LogP contribution in [0.4, 0.5) is 5.69 Å². The second kappa shape index (κ2) is 8.02. The van der Waals surface area contributed by atoms with E-state index in [1.54, 1.807) is 25.1 Å². The number of nitrogens with zero attached hydrogens (tertiary/aromatic N) is 2. The Morgan fingerprint density at radius 2 is 1.79 bits per heavy atom. The lowest BCUT2D eigenvalue weighted by Crippen LogP contribution is -2.15. The quantitative estimate of drug-likeness (QED) is 0.630. The molecule has 1 aromatic heterocycles. The molecule has 3 rings (SSSR count). The molecule has 7 nitrogen and oxygen atoms in total. The molecule has 0 spiro atoms. The molecule has 0 aliphatic heterocycles. The lowest BCUT2D eigenvalue weighted by molar-refractivity contribution is -0.111. The molecule has 29 heavy (non-hydrogen) atoms. The molecule has 1 heterocycles. The highest BCUT2D eigenvalue weighted by molar-refractivity contribution is 7.89. The number of aryl methyl sites for hydroxylation is 2. The highest BCUT2D eigenvalue weighted by Gasteiger charge is 2.13. The van der Waals surface area contributed by atoms with E-state index in [0.717, 1.165) is 22.6 Å². The van der Waals surface area contributed by atoms with Gasteiger partial charge in [-0.25, -0.2) is 18.2 Å². The van der Waals surface area contributed by atoms with Gasteiger partial charge in [-0.1, -0.05) is 24.3 Å². The Balaban J connectivity index is 1.81. The van der Waals surface area contributed by atoms with E-state index >= 15 is 0 Å². The minimum Gasteiger partial charge on any atom is -0.322 e. The van der Waals surface area contributed by atoms with Gasteiger partial charge in [-0.15, -0.1) is 0 Å². The molecular weight excluding hydrogens is 388 g/mol. The summed E-state index contributed by atoms with van der Waals surface area (Å²) in [5.41, 5.74) is 4.35. The van der Waals surface area contributed by atoms with E-state index in [-0.39, 0.29) is 10.8 Å². The van der Waals surface area contributed by atoms with E-state index in [2.05, 4.69) is 10.4 Å². The van der Waals surface area contributed by atoms with Crippen molar-refractivity contribution in [1.82, 2.24) is 9.78 Å². The SMILES string of the molecule is Cc1ccc(NC(=O)/C=C/c2c(C)nn(-c3ccccc3)c2C)cc1S(N)(=O)=O. The Bertz CT molecular complexity index is 1200. The van der Waals surface area contributed by atoms with Gasteiger partial charge in [-0.05, 0) is 56.7 Å². The van der Waals surface area contributed by atoms with Crippen LogP contribution in [-0.2, 0) is 14.8 Å². The maximum atomic E-state index is 12.3. The van der Waals surface area contributed by atoms with Gasteiger partial charge in [-0.2, -0.15) is 5.10 Å². The van der Waals surface area contributed by atoms with E-state index in [1.165, 1.54) is 12.1 Å². The lowest BCUT2D eigenvalue weighted by atomic mass is 10.1. The van der Waals surface area contributed by atoms with Crippen molar-refractivity contribution >= 4 is 27.7 Å². The van der Waals surface area contributed by atoms with Gasteiger partial charge < -0.3 is 5.32 Å². The number of hydrogen-bond donors (Lipinski definition) is 2. The summed E-state index contributed by atoms with van der Waals surface area (Å²) < 4.78 is 25.1. The Hall–Kier alpha value is -3.23. The third-order valence-corrected chi connectivity index (χ3v) is 5.56. The number of rotatable bonds is 5. The normalized spacial score (nSPS) is 11.7. The van der Waals surface area contributed by atoms with Crippen LogP contribution in [0.25, 0.3) is 11.8 Å². The van der Waals surface area contributed by atoms with Crippen molar-refractivity contribution in [2.24, 2.45) is 5.14 Å². The molecule has 0 aliphatic rings. The second-order valence-corrected chi connectivity index (χ2v) is 8.21. The molecule has 0 saturated heterocycles. The molecule has 0 radical (unpaired) electrons. The molecule has 2 aromatic carbocycles. The molecule has 0 bridgehead atoms. The van der Waals surface area contributed by atoms with Crippen molar-refractivity contribution in [3.63, 3.8) is 0 Å². The number of benzene rings is 2. The summed E-state index contributed by atoms with van der Waals surface area (Å²) in [6.07, 6.45) is 3.09. The molecule has 0 saturated carbocycles. The van der Waals surface area contributed by atoms with Gasteiger partial charge in [0.05, 0.1) is 16.3 Å². The average Bonchev–Trinajstić information content (AvgIpc) is 2.95. The zero-order valence-corrected chi connectivity index (χ0v) is 17.2. The van der Waals surface area contributed by atoms with Crippen LogP contribution in [0.2, 0.25) is 0 Å². The summed E-state index contributed by atoms with van der Waals surface area (Å²) in [7, 11) is -3.86. The van der Waals surface area contributed by atoms with Gasteiger partial charge in [0.15, 0.2) is 0 Å². The summed E-state index contributed by atoms with van der Waals surface area (Å²) in [5.74, 6) is -0.388. The van der Waals surface area contributed by atoms with Crippen molar-refractivity contribution < 1.29 is 13.2 Å². The number of carbonyl (C=O) groups excluding carboxylic acids is 1. The topological polar surface area (TPSA) is 107 Å². The van der Waals surface area contributed by atoms with Crippen LogP contribution in [0.5, 0.6) is 0 Å². The summed E-state index contributed by atoms with van der Waals surface area (Å²) in [4.78, 5) is 12.3. The molecule has 150 valence electrons. The minimum absolute atomic E-state index is 0.0184. The number of hydrogen-bond acceptors (Lipinski definition) is 4. The van der Waals surface area contributed by atoms with Crippen molar-refractivity contribution in [3.05, 3.63) is 77.1 Å². The number of sulfonamides is 1.